The summed E-state index contributed by atoms with van der Waals surface area (Å²) in [6.07, 6.45) is 1.52. The summed E-state index contributed by atoms with van der Waals surface area (Å²) in [6, 6.07) is 9.55. The number of ether oxygens (including phenoxy) is 2. The Balaban J connectivity index is 1.36. The number of urea groups is 1. The molecule has 3 heterocycles. The molecular weight excluding hydrogens is 336 g/mol. The lowest BCUT2D eigenvalue weighted by Crippen LogP contribution is -2.45. The summed E-state index contributed by atoms with van der Waals surface area (Å²) in [6.45, 7) is 3.24. The van der Waals surface area contributed by atoms with E-state index < -0.39 is 0 Å². The predicted octanol–water partition coefficient (Wildman–Crippen LogP) is 2.28. The fourth-order valence-corrected chi connectivity index (χ4v) is 2.87. The topological polar surface area (TPSA) is 92.6 Å². The maximum absolute atomic E-state index is 12.2. The molecule has 0 saturated carbocycles. The van der Waals surface area contributed by atoms with Crippen LogP contribution in [0.25, 0.3) is 10.9 Å². The first-order chi connectivity index (χ1) is 12.8. The molecule has 0 spiro atoms. The van der Waals surface area contributed by atoms with Crippen LogP contribution in [0.1, 0.15) is 11.4 Å². The highest BCUT2D eigenvalue weighted by Crippen LogP contribution is 2.22. The Hall–Kier alpha value is -3.00. The van der Waals surface area contributed by atoms with Crippen molar-refractivity contribution in [3.8, 4) is 5.75 Å². The van der Waals surface area contributed by atoms with E-state index in [9.17, 15) is 4.79 Å². The lowest BCUT2D eigenvalue weighted by molar-refractivity contribution is 0.0531. The number of carbonyl (C=O) groups is 1. The smallest absolute Gasteiger partial charge is 0.317 e. The molecule has 1 aliphatic rings. The van der Waals surface area contributed by atoms with E-state index >= 15 is 0 Å². The van der Waals surface area contributed by atoms with Gasteiger partial charge in [-0.2, -0.15) is 0 Å². The molecule has 0 atom stereocenters. The number of fused-ring (bicyclic) bond motifs is 1. The van der Waals surface area contributed by atoms with Crippen molar-refractivity contribution in [2.24, 2.45) is 0 Å². The van der Waals surface area contributed by atoms with Gasteiger partial charge >= 0.3 is 6.03 Å². The standard InChI is InChI=1S/C18H20N4O4/c23-18(22-4-7-24-8-5-22)19-11-15-9-13-1-2-16(10-17(13)20-15)25-12-14-3-6-26-21-14/h1-3,6,9-10,20H,4-5,7-8,11-12H2,(H,19,23). The molecule has 3 aromatic rings. The van der Waals surface area contributed by atoms with Gasteiger partial charge in [-0.25, -0.2) is 4.79 Å². The predicted molar refractivity (Wildman–Crippen MR) is 93.8 cm³/mol. The number of hydrogen-bond acceptors (Lipinski definition) is 5. The van der Waals surface area contributed by atoms with Crippen LogP contribution in [-0.2, 0) is 17.9 Å². The molecule has 2 N–H and O–H groups in total. The highest BCUT2D eigenvalue weighted by molar-refractivity contribution is 5.82. The van der Waals surface area contributed by atoms with Crippen molar-refractivity contribution >= 4 is 16.9 Å². The number of rotatable bonds is 5. The Morgan fingerprint density at radius 2 is 2.15 bits per heavy atom. The Kier molecular flexibility index (Phi) is 4.74. The average Bonchev–Trinajstić information content (AvgIpc) is 3.34. The second-order valence-electron chi connectivity index (χ2n) is 6.08. The molecule has 1 aromatic carbocycles. The quantitative estimate of drug-likeness (QED) is 0.732. The minimum absolute atomic E-state index is 0.0661. The summed E-state index contributed by atoms with van der Waals surface area (Å²) >= 11 is 0. The maximum atomic E-state index is 12.2. The number of morpholine rings is 1. The van der Waals surface area contributed by atoms with E-state index in [0.717, 1.165) is 28.0 Å². The third kappa shape index (κ3) is 3.80. The molecule has 0 unspecified atom stereocenters. The van der Waals surface area contributed by atoms with Gasteiger partial charge in [0.1, 0.15) is 24.3 Å². The van der Waals surface area contributed by atoms with Crippen LogP contribution in [0.15, 0.2) is 41.1 Å². The Bertz CT molecular complexity index is 869. The van der Waals surface area contributed by atoms with Crippen LogP contribution in [-0.4, -0.2) is 47.4 Å². The van der Waals surface area contributed by atoms with E-state index in [1.54, 1.807) is 11.0 Å². The number of carbonyl (C=O) groups excluding carboxylic acids is 1. The molecule has 2 aromatic heterocycles. The number of H-pyrrole nitrogens is 1. The molecule has 1 fully saturated rings. The van der Waals surface area contributed by atoms with Crippen molar-refractivity contribution in [2.45, 2.75) is 13.2 Å². The fourth-order valence-electron chi connectivity index (χ4n) is 2.87. The molecular formula is C18H20N4O4. The molecule has 8 nitrogen and oxygen atoms in total. The second kappa shape index (κ2) is 7.49. The molecule has 136 valence electrons. The monoisotopic (exact) mass is 356 g/mol. The van der Waals surface area contributed by atoms with Crippen molar-refractivity contribution in [3.05, 3.63) is 48.0 Å². The highest BCUT2D eigenvalue weighted by atomic mass is 16.5. The number of nitrogens with one attached hydrogen (secondary N) is 2. The zero-order chi connectivity index (χ0) is 17.8. The van der Waals surface area contributed by atoms with E-state index in [1.165, 1.54) is 6.26 Å². The lowest BCUT2D eigenvalue weighted by Gasteiger charge is -2.26. The Morgan fingerprint density at radius 3 is 2.96 bits per heavy atom. The average molecular weight is 356 g/mol. The molecule has 2 amide bonds. The number of aromatic nitrogens is 2. The van der Waals surface area contributed by atoms with Crippen LogP contribution in [0, 0.1) is 0 Å². The molecule has 26 heavy (non-hydrogen) atoms. The van der Waals surface area contributed by atoms with E-state index in [1.807, 2.05) is 24.3 Å². The van der Waals surface area contributed by atoms with Crippen LogP contribution >= 0.6 is 0 Å². The highest BCUT2D eigenvalue weighted by Gasteiger charge is 2.16. The van der Waals surface area contributed by atoms with Gasteiger partial charge in [-0.1, -0.05) is 5.16 Å². The number of aromatic amines is 1. The van der Waals surface area contributed by atoms with Crippen molar-refractivity contribution in [3.63, 3.8) is 0 Å². The van der Waals surface area contributed by atoms with Crippen molar-refractivity contribution in [1.29, 1.82) is 0 Å². The first-order valence-corrected chi connectivity index (χ1v) is 8.52. The SMILES string of the molecule is O=C(NCc1cc2ccc(OCc3ccon3)cc2[nH]1)N1CCOCC1. The van der Waals surface area contributed by atoms with Gasteiger partial charge in [0.15, 0.2) is 0 Å². The van der Waals surface area contributed by atoms with Gasteiger partial charge in [-0.05, 0) is 23.6 Å². The number of amides is 2. The van der Waals surface area contributed by atoms with E-state index in [2.05, 4.69) is 15.5 Å². The second-order valence-corrected chi connectivity index (χ2v) is 6.08. The number of benzene rings is 1. The molecule has 0 bridgehead atoms. The summed E-state index contributed by atoms with van der Waals surface area (Å²) in [4.78, 5) is 17.2. The third-order valence-electron chi connectivity index (χ3n) is 4.26. The van der Waals surface area contributed by atoms with Gasteiger partial charge in [0.25, 0.3) is 0 Å². The van der Waals surface area contributed by atoms with Crippen LogP contribution in [0.4, 0.5) is 4.79 Å². The van der Waals surface area contributed by atoms with Crippen LogP contribution in [0.2, 0.25) is 0 Å². The zero-order valence-corrected chi connectivity index (χ0v) is 14.2. The molecule has 4 rings (SSSR count). The summed E-state index contributed by atoms with van der Waals surface area (Å²) in [5.41, 5.74) is 2.64. The molecule has 0 aliphatic carbocycles. The van der Waals surface area contributed by atoms with Gasteiger partial charge in [-0.15, -0.1) is 0 Å². The van der Waals surface area contributed by atoms with Crippen LogP contribution < -0.4 is 10.1 Å². The number of hydrogen-bond donors (Lipinski definition) is 2. The first-order valence-electron chi connectivity index (χ1n) is 8.52. The minimum atomic E-state index is -0.0661. The molecule has 1 saturated heterocycles. The van der Waals surface area contributed by atoms with Gasteiger partial charge in [0, 0.05) is 36.4 Å². The molecule has 0 radical (unpaired) electrons. The molecule has 1 aliphatic heterocycles. The van der Waals surface area contributed by atoms with Gasteiger partial charge in [0.2, 0.25) is 0 Å². The minimum Gasteiger partial charge on any atom is -0.487 e. The van der Waals surface area contributed by atoms with Crippen molar-refractivity contribution < 1.29 is 18.8 Å². The summed E-state index contributed by atoms with van der Waals surface area (Å²) in [5.74, 6) is 0.742. The van der Waals surface area contributed by atoms with Gasteiger partial charge < -0.3 is 29.2 Å². The summed E-state index contributed by atoms with van der Waals surface area (Å²) in [7, 11) is 0. The van der Waals surface area contributed by atoms with Gasteiger partial charge in [0.05, 0.1) is 19.8 Å². The van der Waals surface area contributed by atoms with Gasteiger partial charge in [-0.3, -0.25) is 0 Å². The Labute approximate surface area is 150 Å². The number of nitrogens with zero attached hydrogens (tertiary/aromatic N) is 2. The van der Waals surface area contributed by atoms with Crippen LogP contribution in [0.5, 0.6) is 5.75 Å². The summed E-state index contributed by atoms with van der Waals surface area (Å²) < 4.78 is 15.8. The van der Waals surface area contributed by atoms with Crippen molar-refractivity contribution in [2.75, 3.05) is 26.3 Å². The van der Waals surface area contributed by atoms with E-state index in [4.69, 9.17) is 14.0 Å². The fraction of sp³-hybridized carbons (Fsp3) is 0.333. The van der Waals surface area contributed by atoms with E-state index in [0.29, 0.717) is 39.5 Å². The Morgan fingerprint density at radius 1 is 1.27 bits per heavy atom. The largest absolute Gasteiger partial charge is 0.487 e. The lowest BCUT2D eigenvalue weighted by atomic mass is 10.2. The molecule has 8 heteroatoms. The summed E-state index contributed by atoms with van der Waals surface area (Å²) in [5, 5.41) is 7.82. The van der Waals surface area contributed by atoms with E-state index in [-0.39, 0.29) is 6.03 Å². The normalized spacial score (nSPS) is 14.5. The first kappa shape index (κ1) is 16.5. The van der Waals surface area contributed by atoms with Crippen molar-refractivity contribution in [1.82, 2.24) is 20.4 Å². The zero-order valence-electron chi connectivity index (χ0n) is 14.2. The third-order valence-corrected chi connectivity index (χ3v) is 4.26. The van der Waals surface area contributed by atoms with Crippen LogP contribution in [0.3, 0.4) is 0 Å². The maximum Gasteiger partial charge on any atom is 0.317 e.